The van der Waals surface area contributed by atoms with Crippen molar-refractivity contribution in [2.45, 2.75) is 39.3 Å². The van der Waals surface area contributed by atoms with Gasteiger partial charge in [0.15, 0.2) is 0 Å². The zero-order valence-electron chi connectivity index (χ0n) is 13.2. The molecule has 0 spiro atoms. The fraction of sp³-hybridized carbons (Fsp3) is 0.389. The molecule has 0 fully saturated rings. The molecule has 0 aliphatic carbocycles. The molecule has 0 amide bonds. The van der Waals surface area contributed by atoms with E-state index in [-0.39, 0.29) is 6.04 Å². The van der Waals surface area contributed by atoms with Gasteiger partial charge in [0.05, 0.1) is 12.2 Å². The van der Waals surface area contributed by atoms with Crippen LogP contribution in [0, 0.1) is 6.92 Å². The fourth-order valence-corrected chi connectivity index (χ4v) is 2.50. The van der Waals surface area contributed by atoms with Gasteiger partial charge in [0, 0.05) is 25.0 Å². The normalized spacial score (nSPS) is 12.2. The van der Waals surface area contributed by atoms with Crippen LogP contribution in [-0.4, -0.2) is 18.1 Å². The lowest BCUT2D eigenvalue weighted by atomic mass is 10.00. The number of anilines is 1. The van der Waals surface area contributed by atoms with E-state index in [0.29, 0.717) is 0 Å². The van der Waals surface area contributed by atoms with Crippen molar-refractivity contribution in [3.63, 3.8) is 0 Å². The molecule has 1 unspecified atom stereocenters. The Kier molecular flexibility index (Phi) is 5.34. The molecule has 112 valence electrons. The number of hydrogen-bond acceptors (Lipinski definition) is 3. The maximum Gasteiger partial charge on any atom is 0.0598 e. The molecule has 0 aliphatic rings. The molecule has 3 nitrogen and oxygen atoms in total. The molecule has 1 aromatic carbocycles. The van der Waals surface area contributed by atoms with Gasteiger partial charge in [-0.25, -0.2) is 0 Å². The summed E-state index contributed by atoms with van der Waals surface area (Å²) in [5, 5.41) is 0. The van der Waals surface area contributed by atoms with E-state index in [1.54, 1.807) is 0 Å². The van der Waals surface area contributed by atoms with Crippen LogP contribution in [0.5, 0.6) is 0 Å². The lowest BCUT2D eigenvalue weighted by molar-refractivity contribution is 0.645. The third-order valence-corrected chi connectivity index (χ3v) is 3.78. The van der Waals surface area contributed by atoms with E-state index >= 15 is 0 Å². The maximum absolute atomic E-state index is 6.15. The van der Waals surface area contributed by atoms with Gasteiger partial charge in [-0.3, -0.25) is 4.98 Å². The van der Waals surface area contributed by atoms with E-state index in [1.807, 2.05) is 18.3 Å². The van der Waals surface area contributed by atoms with Crippen molar-refractivity contribution in [1.82, 2.24) is 4.98 Å². The van der Waals surface area contributed by atoms with Crippen molar-refractivity contribution in [1.29, 1.82) is 0 Å². The topological polar surface area (TPSA) is 42.1 Å². The van der Waals surface area contributed by atoms with Crippen LogP contribution in [0.2, 0.25) is 0 Å². The van der Waals surface area contributed by atoms with Crippen LogP contribution in [0.1, 0.15) is 30.2 Å². The van der Waals surface area contributed by atoms with E-state index in [0.717, 1.165) is 25.1 Å². The summed E-state index contributed by atoms with van der Waals surface area (Å²) < 4.78 is 0. The van der Waals surface area contributed by atoms with E-state index in [4.69, 9.17) is 5.73 Å². The van der Waals surface area contributed by atoms with Gasteiger partial charge in [-0.2, -0.15) is 0 Å². The number of aromatic nitrogens is 1. The van der Waals surface area contributed by atoms with Crippen LogP contribution in [0.4, 0.5) is 5.69 Å². The monoisotopic (exact) mass is 283 g/mol. The molecule has 1 aromatic heterocycles. The molecule has 3 heteroatoms. The highest BCUT2D eigenvalue weighted by molar-refractivity contribution is 5.55. The summed E-state index contributed by atoms with van der Waals surface area (Å²) in [5.74, 6) is 0. The molecule has 2 rings (SSSR count). The zero-order valence-corrected chi connectivity index (χ0v) is 13.2. The lowest BCUT2D eigenvalue weighted by Crippen LogP contribution is -2.24. The third-order valence-electron chi connectivity index (χ3n) is 3.78. The molecule has 2 aromatic rings. The van der Waals surface area contributed by atoms with Gasteiger partial charge in [0.25, 0.3) is 0 Å². The van der Waals surface area contributed by atoms with Gasteiger partial charge >= 0.3 is 0 Å². The Balaban J connectivity index is 2.21. The van der Waals surface area contributed by atoms with Gasteiger partial charge in [0.1, 0.15) is 0 Å². The van der Waals surface area contributed by atoms with E-state index in [1.165, 1.54) is 16.8 Å². The number of rotatable bonds is 6. The van der Waals surface area contributed by atoms with Crippen molar-refractivity contribution in [3.05, 3.63) is 59.4 Å². The van der Waals surface area contributed by atoms with Gasteiger partial charge < -0.3 is 10.6 Å². The maximum atomic E-state index is 6.15. The summed E-state index contributed by atoms with van der Waals surface area (Å²) >= 11 is 0. The first-order valence-electron chi connectivity index (χ1n) is 7.56. The highest BCUT2D eigenvalue weighted by atomic mass is 15.1. The highest BCUT2D eigenvalue weighted by Gasteiger charge is 2.11. The molecule has 0 saturated carbocycles. The standard InChI is InChI=1S/C18H25N3/c1-4-16(19)12-15-11-14(2)8-9-18(15)21(3)13-17-7-5-6-10-20-17/h5-11,16H,4,12-13,19H2,1-3H3. The second-order valence-corrected chi connectivity index (χ2v) is 5.68. The predicted octanol–water partition coefficient (Wildman–Crippen LogP) is 3.31. The van der Waals surface area contributed by atoms with Crippen LogP contribution < -0.4 is 10.6 Å². The van der Waals surface area contributed by atoms with E-state index in [9.17, 15) is 0 Å². The van der Waals surface area contributed by atoms with E-state index < -0.39 is 0 Å². The molecule has 21 heavy (non-hydrogen) atoms. The molecule has 0 aliphatic heterocycles. The Labute approximate surface area is 127 Å². The van der Waals surface area contributed by atoms with Crippen molar-refractivity contribution < 1.29 is 0 Å². The average molecular weight is 283 g/mol. The van der Waals surface area contributed by atoms with Crippen LogP contribution in [0.3, 0.4) is 0 Å². The quantitative estimate of drug-likeness (QED) is 0.884. The number of hydrogen-bond donors (Lipinski definition) is 1. The Morgan fingerprint density at radius 2 is 2.05 bits per heavy atom. The molecule has 1 atom stereocenters. The summed E-state index contributed by atoms with van der Waals surface area (Å²) in [6.07, 6.45) is 3.75. The van der Waals surface area contributed by atoms with Gasteiger partial charge in [-0.15, -0.1) is 0 Å². The molecular formula is C18H25N3. The number of nitrogens with two attached hydrogens (primary N) is 1. The average Bonchev–Trinajstić information content (AvgIpc) is 2.48. The summed E-state index contributed by atoms with van der Waals surface area (Å²) in [5.41, 5.74) is 11.1. The summed E-state index contributed by atoms with van der Waals surface area (Å²) in [7, 11) is 2.11. The minimum Gasteiger partial charge on any atom is -0.368 e. The van der Waals surface area contributed by atoms with Crippen molar-refractivity contribution in [2.75, 3.05) is 11.9 Å². The van der Waals surface area contributed by atoms with Gasteiger partial charge in [-0.1, -0.05) is 30.7 Å². The largest absolute Gasteiger partial charge is 0.368 e. The first-order chi connectivity index (χ1) is 10.1. The van der Waals surface area contributed by atoms with Crippen LogP contribution in [-0.2, 0) is 13.0 Å². The number of aryl methyl sites for hydroxylation is 1. The summed E-state index contributed by atoms with van der Waals surface area (Å²) in [4.78, 5) is 6.65. The first-order valence-corrected chi connectivity index (χ1v) is 7.56. The number of pyridine rings is 1. The summed E-state index contributed by atoms with van der Waals surface area (Å²) in [6, 6.07) is 12.8. The predicted molar refractivity (Wildman–Crippen MR) is 89.5 cm³/mol. The Morgan fingerprint density at radius 3 is 2.71 bits per heavy atom. The molecule has 2 N–H and O–H groups in total. The van der Waals surface area contributed by atoms with Crippen molar-refractivity contribution in [3.8, 4) is 0 Å². The van der Waals surface area contributed by atoms with Crippen LogP contribution in [0.25, 0.3) is 0 Å². The van der Waals surface area contributed by atoms with Crippen molar-refractivity contribution >= 4 is 5.69 Å². The smallest absolute Gasteiger partial charge is 0.0598 e. The van der Waals surface area contributed by atoms with Crippen LogP contribution in [0.15, 0.2) is 42.6 Å². The molecular weight excluding hydrogens is 258 g/mol. The highest BCUT2D eigenvalue weighted by Crippen LogP contribution is 2.24. The molecule has 0 saturated heterocycles. The first kappa shape index (κ1) is 15.5. The second-order valence-electron chi connectivity index (χ2n) is 5.68. The second kappa shape index (κ2) is 7.23. The fourth-order valence-electron chi connectivity index (χ4n) is 2.50. The zero-order chi connectivity index (χ0) is 15.2. The van der Waals surface area contributed by atoms with Crippen LogP contribution >= 0.6 is 0 Å². The third kappa shape index (κ3) is 4.30. The SMILES string of the molecule is CCC(N)Cc1cc(C)ccc1N(C)Cc1ccccn1. The number of benzene rings is 1. The molecule has 0 bridgehead atoms. The lowest BCUT2D eigenvalue weighted by Gasteiger charge is -2.24. The Bertz CT molecular complexity index is 566. The minimum absolute atomic E-state index is 0.216. The minimum atomic E-state index is 0.216. The van der Waals surface area contributed by atoms with Crippen molar-refractivity contribution in [2.24, 2.45) is 5.73 Å². The van der Waals surface area contributed by atoms with E-state index in [2.05, 4.69) is 55.0 Å². The summed E-state index contributed by atoms with van der Waals surface area (Å²) in [6.45, 7) is 5.07. The Morgan fingerprint density at radius 1 is 1.24 bits per heavy atom. The van der Waals surface area contributed by atoms with Gasteiger partial charge in [-0.05, 0) is 43.5 Å². The number of nitrogens with zero attached hydrogens (tertiary/aromatic N) is 2. The molecule has 1 heterocycles. The Hall–Kier alpha value is -1.87. The van der Waals surface area contributed by atoms with Gasteiger partial charge in [0.2, 0.25) is 0 Å². The molecule has 0 radical (unpaired) electrons.